The number of ether oxygens (including phenoxy) is 1. The second kappa shape index (κ2) is 7.81. The van der Waals surface area contributed by atoms with Crippen molar-refractivity contribution in [2.45, 2.75) is 6.92 Å². The summed E-state index contributed by atoms with van der Waals surface area (Å²) in [6.45, 7) is 4.38. The van der Waals surface area contributed by atoms with E-state index in [9.17, 15) is 4.79 Å². The first-order valence-corrected chi connectivity index (χ1v) is 10.1. The molecule has 1 aliphatic heterocycles. The SMILES string of the molecule is Cc1cc(-c2ccc3ncc(-c4ccnc(N)c4)n3n2)ccc1C(=O)N1CCOCC1. The first-order valence-electron chi connectivity index (χ1n) is 10.1. The molecular weight excluding hydrogens is 392 g/mol. The maximum absolute atomic E-state index is 12.9. The van der Waals surface area contributed by atoms with Crippen molar-refractivity contribution >= 4 is 17.4 Å². The molecule has 0 aliphatic carbocycles. The number of hydrogen-bond acceptors (Lipinski definition) is 6. The average molecular weight is 414 g/mol. The van der Waals surface area contributed by atoms with Crippen LogP contribution in [0.15, 0.2) is 54.9 Å². The van der Waals surface area contributed by atoms with E-state index in [0.29, 0.717) is 37.7 Å². The summed E-state index contributed by atoms with van der Waals surface area (Å²) in [6.07, 6.45) is 3.44. The molecule has 4 aromatic rings. The van der Waals surface area contributed by atoms with E-state index in [-0.39, 0.29) is 5.91 Å². The summed E-state index contributed by atoms with van der Waals surface area (Å²) in [4.78, 5) is 23.2. The lowest BCUT2D eigenvalue weighted by Crippen LogP contribution is -2.40. The van der Waals surface area contributed by atoms with Gasteiger partial charge in [-0.1, -0.05) is 6.07 Å². The number of nitrogens with two attached hydrogens (primary N) is 1. The normalized spacial score (nSPS) is 14.2. The molecule has 0 saturated carbocycles. The lowest BCUT2D eigenvalue weighted by atomic mass is 10.0. The van der Waals surface area contributed by atoms with Crippen molar-refractivity contribution < 1.29 is 9.53 Å². The molecule has 0 radical (unpaired) electrons. The van der Waals surface area contributed by atoms with Crippen molar-refractivity contribution in [3.05, 3.63) is 66.0 Å². The highest BCUT2D eigenvalue weighted by Crippen LogP contribution is 2.25. The zero-order chi connectivity index (χ0) is 21.4. The number of fused-ring (bicyclic) bond motifs is 1. The number of hydrogen-bond donors (Lipinski definition) is 1. The molecule has 5 rings (SSSR count). The number of carbonyl (C=O) groups is 1. The van der Waals surface area contributed by atoms with Crippen LogP contribution in [0.5, 0.6) is 0 Å². The third-order valence-corrected chi connectivity index (χ3v) is 5.49. The molecule has 0 spiro atoms. The molecule has 4 heterocycles. The van der Waals surface area contributed by atoms with Gasteiger partial charge in [0, 0.05) is 36.0 Å². The molecule has 0 atom stereocenters. The zero-order valence-corrected chi connectivity index (χ0v) is 17.2. The third-order valence-electron chi connectivity index (χ3n) is 5.49. The van der Waals surface area contributed by atoms with Crippen LogP contribution in [0.4, 0.5) is 5.82 Å². The van der Waals surface area contributed by atoms with Gasteiger partial charge in [-0.2, -0.15) is 5.10 Å². The number of benzene rings is 1. The lowest BCUT2D eigenvalue weighted by Gasteiger charge is -2.27. The minimum Gasteiger partial charge on any atom is -0.384 e. The van der Waals surface area contributed by atoms with Gasteiger partial charge in [-0.3, -0.25) is 4.79 Å². The predicted molar refractivity (Wildman–Crippen MR) is 118 cm³/mol. The lowest BCUT2D eigenvalue weighted by molar-refractivity contribution is 0.0302. The van der Waals surface area contributed by atoms with Gasteiger partial charge in [0.2, 0.25) is 0 Å². The fourth-order valence-electron chi connectivity index (χ4n) is 3.83. The fourth-order valence-corrected chi connectivity index (χ4v) is 3.83. The highest BCUT2D eigenvalue weighted by atomic mass is 16.5. The van der Waals surface area contributed by atoms with E-state index in [1.54, 1.807) is 23.0 Å². The van der Waals surface area contributed by atoms with Gasteiger partial charge in [0.15, 0.2) is 5.65 Å². The summed E-state index contributed by atoms with van der Waals surface area (Å²) < 4.78 is 7.15. The van der Waals surface area contributed by atoms with Gasteiger partial charge in [-0.25, -0.2) is 14.5 Å². The number of imidazole rings is 1. The Hall–Kier alpha value is -3.78. The van der Waals surface area contributed by atoms with Crippen LogP contribution >= 0.6 is 0 Å². The number of morpholine rings is 1. The van der Waals surface area contributed by atoms with E-state index in [1.165, 1.54) is 0 Å². The molecule has 2 N–H and O–H groups in total. The van der Waals surface area contributed by atoms with Crippen molar-refractivity contribution in [1.29, 1.82) is 0 Å². The van der Waals surface area contributed by atoms with Gasteiger partial charge < -0.3 is 15.4 Å². The van der Waals surface area contributed by atoms with E-state index in [2.05, 4.69) is 9.97 Å². The number of amides is 1. The number of rotatable bonds is 3. The molecule has 0 unspecified atom stereocenters. The summed E-state index contributed by atoms with van der Waals surface area (Å²) in [5.41, 5.74) is 11.7. The number of aryl methyl sites for hydroxylation is 1. The summed E-state index contributed by atoms with van der Waals surface area (Å²) in [5, 5.41) is 4.80. The van der Waals surface area contributed by atoms with Crippen LogP contribution in [0, 0.1) is 6.92 Å². The number of carbonyl (C=O) groups excluding carboxylic acids is 1. The number of nitrogen functional groups attached to an aromatic ring is 1. The molecule has 156 valence electrons. The molecule has 31 heavy (non-hydrogen) atoms. The van der Waals surface area contributed by atoms with Crippen LogP contribution in [0.1, 0.15) is 15.9 Å². The highest BCUT2D eigenvalue weighted by Gasteiger charge is 2.20. The Labute approximate surface area is 179 Å². The van der Waals surface area contributed by atoms with E-state index < -0.39 is 0 Å². The van der Waals surface area contributed by atoms with Crippen molar-refractivity contribution in [2.75, 3.05) is 32.0 Å². The molecule has 8 heteroatoms. The Balaban J connectivity index is 1.50. The summed E-state index contributed by atoms with van der Waals surface area (Å²) in [5.74, 6) is 0.489. The first kappa shape index (κ1) is 19.2. The Morgan fingerprint density at radius 1 is 1.03 bits per heavy atom. The Morgan fingerprint density at radius 3 is 2.65 bits per heavy atom. The van der Waals surface area contributed by atoms with E-state index in [1.807, 2.05) is 48.2 Å². The minimum atomic E-state index is 0.0444. The first-order chi connectivity index (χ1) is 15.1. The average Bonchev–Trinajstić information content (AvgIpc) is 3.22. The third kappa shape index (κ3) is 3.62. The predicted octanol–water partition coefficient (Wildman–Crippen LogP) is 2.82. The Kier molecular flexibility index (Phi) is 4.83. The number of nitrogens with zero attached hydrogens (tertiary/aromatic N) is 5. The standard InChI is InChI=1S/C23H22N6O2/c1-15-12-16(2-3-18(15)23(30)28-8-10-31-11-9-28)19-4-5-22-26-14-20(29(22)27-19)17-6-7-25-21(24)13-17/h2-7,12-14H,8-11H2,1H3,(H2,24,25). The quantitative estimate of drug-likeness (QED) is 0.554. The second-order valence-corrected chi connectivity index (χ2v) is 7.54. The van der Waals surface area contributed by atoms with Crippen molar-refractivity contribution in [2.24, 2.45) is 0 Å². The Bertz CT molecular complexity index is 1280. The van der Waals surface area contributed by atoms with Crippen LogP contribution in [0.3, 0.4) is 0 Å². The minimum absolute atomic E-state index is 0.0444. The van der Waals surface area contributed by atoms with Crippen LogP contribution in [-0.2, 0) is 4.74 Å². The summed E-state index contributed by atoms with van der Waals surface area (Å²) in [6, 6.07) is 13.4. The molecule has 1 aromatic carbocycles. The Morgan fingerprint density at radius 2 is 1.87 bits per heavy atom. The molecule has 1 saturated heterocycles. The fraction of sp³-hybridized carbons (Fsp3) is 0.217. The number of anilines is 1. The number of pyridine rings is 1. The van der Waals surface area contributed by atoms with Crippen molar-refractivity contribution in [3.63, 3.8) is 0 Å². The molecule has 1 amide bonds. The summed E-state index contributed by atoms with van der Waals surface area (Å²) >= 11 is 0. The van der Waals surface area contributed by atoms with Gasteiger partial charge in [-0.05, 0) is 48.9 Å². The van der Waals surface area contributed by atoms with Crippen molar-refractivity contribution in [3.8, 4) is 22.5 Å². The van der Waals surface area contributed by atoms with Gasteiger partial charge in [0.25, 0.3) is 5.91 Å². The van der Waals surface area contributed by atoms with Crippen LogP contribution in [0.2, 0.25) is 0 Å². The topological polar surface area (TPSA) is 98.6 Å². The van der Waals surface area contributed by atoms with Crippen molar-refractivity contribution in [1.82, 2.24) is 24.5 Å². The highest BCUT2D eigenvalue weighted by molar-refractivity contribution is 5.96. The van der Waals surface area contributed by atoms with Crippen LogP contribution < -0.4 is 5.73 Å². The number of aromatic nitrogens is 4. The van der Waals surface area contributed by atoms with Crippen LogP contribution in [0.25, 0.3) is 28.2 Å². The maximum atomic E-state index is 12.9. The zero-order valence-electron chi connectivity index (χ0n) is 17.2. The van der Waals surface area contributed by atoms with E-state index in [0.717, 1.165) is 33.7 Å². The van der Waals surface area contributed by atoms with Crippen LogP contribution in [-0.4, -0.2) is 56.7 Å². The van der Waals surface area contributed by atoms with Gasteiger partial charge in [0.05, 0.1) is 30.8 Å². The molecule has 0 bridgehead atoms. The maximum Gasteiger partial charge on any atom is 0.254 e. The summed E-state index contributed by atoms with van der Waals surface area (Å²) in [7, 11) is 0. The molecule has 1 aliphatic rings. The van der Waals surface area contributed by atoms with Gasteiger partial charge >= 0.3 is 0 Å². The molecule has 3 aromatic heterocycles. The smallest absolute Gasteiger partial charge is 0.254 e. The van der Waals surface area contributed by atoms with Gasteiger partial charge in [0.1, 0.15) is 5.82 Å². The second-order valence-electron chi connectivity index (χ2n) is 7.54. The largest absolute Gasteiger partial charge is 0.384 e. The molecule has 1 fully saturated rings. The molecular formula is C23H22N6O2. The molecule has 8 nitrogen and oxygen atoms in total. The van der Waals surface area contributed by atoms with E-state index in [4.69, 9.17) is 15.6 Å². The van der Waals surface area contributed by atoms with Gasteiger partial charge in [-0.15, -0.1) is 0 Å². The monoisotopic (exact) mass is 414 g/mol. The van der Waals surface area contributed by atoms with E-state index >= 15 is 0 Å².